The van der Waals surface area contributed by atoms with Crippen molar-refractivity contribution < 1.29 is 24.2 Å². The summed E-state index contributed by atoms with van der Waals surface area (Å²) in [5.41, 5.74) is 2.53. The third-order valence-corrected chi connectivity index (χ3v) is 10.8. The van der Waals surface area contributed by atoms with Crippen LogP contribution in [0.5, 0.6) is 0 Å². The van der Waals surface area contributed by atoms with E-state index in [1.807, 2.05) is 0 Å². The van der Waals surface area contributed by atoms with E-state index in [0.717, 1.165) is 90.3 Å². The van der Waals surface area contributed by atoms with Gasteiger partial charge in [-0.1, -0.05) is 180 Å². The molecule has 0 amide bonds. The quantitative estimate of drug-likeness (QED) is 0.0378. The van der Waals surface area contributed by atoms with Gasteiger partial charge in [0, 0.05) is 25.3 Å². The highest BCUT2D eigenvalue weighted by molar-refractivity contribution is 5.83. The number of esters is 2. The van der Waals surface area contributed by atoms with E-state index in [0.29, 0.717) is 13.2 Å². The van der Waals surface area contributed by atoms with Gasteiger partial charge in [-0.3, -0.25) is 0 Å². The van der Waals surface area contributed by atoms with Crippen molar-refractivity contribution in [2.75, 3.05) is 39.5 Å². The molecule has 55 heavy (non-hydrogen) atoms. The van der Waals surface area contributed by atoms with Crippen LogP contribution in [-0.2, 0) is 19.1 Å². The second-order valence-corrected chi connectivity index (χ2v) is 16.3. The molecule has 0 rings (SSSR count). The molecular weight excluding hydrogens is 683 g/mol. The molecule has 1 N–H and O–H groups in total. The van der Waals surface area contributed by atoms with Gasteiger partial charge in [0.1, 0.15) is 0 Å². The molecule has 0 radical (unpaired) electrons. The molecule has 0 aromatic carbocycles. The van der Waals surface area contributed by atoms with E-state index < -0.39 is 0 Å². The van der Waals surface area contributed by atoms with Gasteiger partial charge in [-0.2, -0.15) is 0 Å². The van der Waals surface area contributed by atoms with Gasteiger partial charge in [-0.05, 0) is 83.7 Å². The predicted octanol–water partition coefficient (Wildman–Crippen LogP) is 14.2. The summed E-state index contributed by atoms with van der Waals surface area (Å²) in [6.07, 6.45) is 42.7. The number of unbranched alkanes of at least 4 members (excludes halogenated alkanes) is 22. The Bertz CT molecular complexity index is 832. The van der Waals surface area contributed by atoms with Gasteiger partial charge in [0.15, 0.2) is 0 Å². The summed E-state index contributed by atoms with van der Waals surface area (Å²) in [6.45, 7) is 13.5. The zero-order valence-corrected chi connectivity index (χ0v) is 37.3. The number of rotatable bonds is 43. The molecule has 0 fully saturated rings. The SMILES string of the molecule is CCCCCCCCC(=CC(=O)OCCCCCCCCCN(CCCO)CCCCCCCCCOC(=O)/C=C(\CCC)CCCCCCCC)CCC. The fourth-order valence-electron chi connectivity index (χ4n) is 7.48. The Morgan fingerprint density at radius 2 is 0.727 bits per heavy atom. The first kappa shape index (κ1) is 53.3. The van der Waals surface area contributed by atoms with E-state index in [1.54, 1.807) is 12.2 Å². The lowest BCUT2D eigenvalue weighted by atomic mass is 10.0. The van der Waals surface area contributed by atoms with Gasteiger partial charge in [0.25, 0.3) is 0 Å². The molecule has 0 aliphatic carbocycles. The monoisotopic (exact) mass is 776 g/mol. The molecule has 0 aromatic heterocycles. The highest BCUT2D eigenvalue weighted by atomic mass is 16.5. The maximum absolute atomic E-state index is 12.4. The largest absolute Gasteiger partial charge is 0.463 e. The molecule has 324 valence electrons. The van der Waals surface area contributed by atoms with Crippen LogP contribution >= 0.6 is 0 Å². The highest BCUT2D eigenvalue weighted by Gasteiger charge is 2.07. The summed E-state index contributed by atoms with van der Waals surface area (Å²) in [6, 6.07) is 0. The number of aliphatic hydroxyl groups is 1. The minimum Gasteiger partial charge on any atom is -0.463 e. The van der Waals surface area contributed by atoms with Crippen molar-refractivity contribution in [1.29, 1.82) is 0 Å². The lowest BCUT2D eigenvalue weighted by molar-refractivity contribution is -0.138. The number of ether oxygens (including phenoxy) is 2. The Morgan fingerprint density at radius 1 is 0.400 bits per heavy atom. The molecule has 0 bridgehead atoms. The van der Waals surface area contributed by atoms with Crippen molar-refractivity contribution >= 4 is 11.9 Å². The van der Waals surface area contributed by atoms with Crippen LogP contribution in [0.25, 0.3) is 0 Å². The van der Waals surface area contributed by atoms with Gasteiger partial charge in [-0.25, -0.2) is 9.59 Å². The second kappa shape index (κ2) is 43.5. The van der Waals surface area contributed by atoms with Crippen LogP contribution in [-0.4, -0.2) is 61.4 Å². The van der Waals surface area contributed by atoms with Crippen molar-refractivity contribution in [1.82, 2.24) is 4.90 Å². The standard InChI is InChI=1S/C49H93NO5/c1-5-9-11-13-21-27-36-46(34-7-3)44-48(52)54-42-31-25-19-15-17-23-29-38-50(40-33-41-51)39-30-24-18-16-20-26-32-43-55-49(53)45-47(35-8-4)37-28-22-14-12-10-6-2/h44-45,51H,5-43H2,1-4H3/b46-44+,47-45?. The summed E-state index contributed by atoms with van der Waals surface area (Å²) >= 11 is 0. The molecule has 0 atom stereocenters. The van der Waals surface area contributed by atoms with Crippen molar-refractivity contribution in [3.8, 4) is 0 Å². The molecule has 6 nitrogen and oxygen atoms in total. The normalized spacial score (nSPS) is 12.2. The number of carbonyl (C=O) groups is 2. The van der Waals surface area contributed by atoms with Crippen LogP contribution in [0.2, 0.25) is 0 Å². The first-order valence-corrected chi connectivity index (χ1v) is 24.1. The van der Waals surface area contributed by atoms with E-state index in [-0.39, 0.29) is 18.5 Å². The van der Waals surface area contributed by atoms with Gasteiger partial charge >= 0.3 is 11.9 Å². The zero-order chi connectivity index (χ0) is 40.3. The van der Waals surface area contributed by atoms with E-state index >= 15 is 0 Å². The van der Waals surface area contributed by atoms with E-state index in [2.05, 4.69) is 32.6 Å². The summed E-state index contributed by atoms with van der Waals surface area (Å²) < 4.78 is 11.1. The first-order valence-electron chi connectivity index (χ1n) is 24.1. The van der Waals surface area contributed by atoms with Crippen LogP contribution in [0, 0.1) is 0 Å². The average molecular weight is 776 g/mol. The summed E-state index contributed by atoms with van der Waals surface area (Å²) in [5, 5.41) is 9.39. The lowest BCUT2D eigenvalue weighted by Crippen LogP contribution is -2.27. The first-order chi connectivity index (χ1) is 27.0. The molecule has 0 spiro atoms. The third kappa shape index (κ3) is 39.0. The third-order valence-electron chi connectivity index (χ3n) is 10.8. The van der Waals surface area contributed by atoms with Crippen LogP contribution in [0.4, 0.5) is 0 Å². The van der Waals surface area contributed by atoms with Crippen molar-refractivity contribution in [2.45, 2.75) is 240 Å². The predicted molar refractivity (Wildman–Crippen MR) is 237 cm³/mol. The topological polar surface area (TPSA) is 76.1 Å². The Balaban J connectivity index is 3.93. The molecule has 0 aliphatic rings. The highest BCUT2D eigenvalue weighted by Crippen LogP contribution is 2.18. The molecular formula is C49H93NO5. The summed E-state index contributed by atoms with van der Waals surface area (Å²) in [7, 11) is 0. The molecule has 0 heterocycles. The van der Waals surface area contributed by atoms with Gasteiger partial charge in [0.2, 0.25) is 0 Å². The number of hydrogen-bond donors (Lipinski definition) is 1. The number of carbonyl (C=O) groups excluding carboxylic acids is 2. The Hall–Kier alpha value is -1.66. The number of allylic oxidation sites excluding steroid dienone is 2. The smallest absolute Gasteiger partial charge is 0.330 e. The van der Waals surface area contributed by atoms with Gasteiger partial charge in [-0.15, -0.1) is 0 Å². The minimum atomic E-state index is -0.144. The van der Waals surface area contributed by atoms with Crippen LogP contribution in [0.15, 0.2) is 23.3 Å². The summed E-state index contributed by atoms with van der Waals surface area (Å²) in [5.74, 6) is -0.288. The van der Waals surface area contributed by atoms with E-state index in [4.69, 9.17) is 9.47 Å². The van der Waals surface area contributed by atoms with Gasteiger partial charge in [0.05, 0.1) is 13.2 Å². The maximum atomic E-state index is 12.4. The Kier molecular flexibility index (Phi) is 42.2. The molecule has 0 saturated heterocycles. The molecule has 0 aliphatic heterocycles. The molecule has 0 aromatic rings. The molecule has 0 unspecified atom stereocenters. The Morgan fingerprint density at radius 3 is 1.09 bits per heavy atom. The summed E-state index contributed by atoms with van der Waals surface area (Å²) in [4.78, 5) is 27.3. The van der Waals surface area contributed by atoms with Crippen LogP contribution in [0.3, 0.4) is 0 Å². The number of aliphatic hydroxyl groups excluding tert-OH is 1. The van der Waals surface area contributed by atoms with Crippen LogP contribution < -0.4 is 0 Å². The van der Waals surface area contributed by atoms with E-state index in [1.165, 1.54) is 152 Å². The van der Waals surface area contributed by atoms with E-state index in [9.17, 15) is 14.7 Å². The average Bonchev–Trinajstić information content (AvgIpc) is 3.17. The second-order valence-electron chi connectivity index (χ2n) is 16.3. The number of hydrogen-bond acceptors (Lipinski definition) is 6. The van der Waals surface area contributed by atoms with Gasteiger partial charge < -0.3 is 19.5 Å². The molecule has 0 saturated carbocycles. The fraction of sp³-hybridized carbons (Fsp3) is 0.878. The van der Waals surface area contributed by atoms with Crippen molar-refractivity contribution in [3.05, 3.63) is 23.3 Å². The van der Waals surface area contributed by atoms with Crippen molar-refractivity contribution in [2.24, 2.45) is 0 Å². The lowest BCUT2D eigenvalue weighted by Gasteiger charge is -2.22. The Labute approximate surface area is 342 Å². The maximum Gasteiger partial charge on any atom is 0.330 e. The van der Waals surface area contributed by atoms with Crippen LogP contribution in [0.1, 0.15) is 240 Å². The molecule has 6 heteroatoms. The zero-order valence-electron chi connectivity index (χ0n) is 37.3. The minimum absolute atomic E-state index is 0.144. The van der Waals surface area contributed by atoms with Crippen molar-refractivity contribution in [3.63, 3.8) is 0 Å². The fourth-order valence-corrected chi connectivity index (χ4v) is 7.48. The number of nitrogens with zero attached hydrogens (tertiary/aromatic N) is 1.